The highest BCUT2D eigenvalue weighted by Gasteiger charge is 2.28. The van der Waals surface area contributed by atoms with E-state index in [1.54, 1.807) is 6.92 Å². The minimum absolute atomic E-state index is 0.0453. The van der Waals surface area contributed by atoms with E-state index in [9.17, 15) is 17.8 Å². The number of hydrogen-bond acceptors (Lipinski definition) is 6. The first-order chi connectivity index (χ1) is 6.81. The van der Waals surface area contributed by atoms with Crippen molar-refractivity contribution in [1.82, 2.24) is 0 Å². The Hall–Kier alpha value is -0.230. The van der Waals surface area contributed by atoms with Gasteiger partial charge in [-0.1, -0.05) is 6.92 Å². The fourth-order valence-electron chi connectivity index (χ4n) is 0.803. The van der Waals surface area contributed by atoms with Gasteiger partial charge in [-0.2, -0.15) is 8.42 Å². The molecule has 0 aliphatic heterocycles. The van der Waals surface area contributed by atoms with Gasteiger partial charge in [-0.05, 0) is 6.92 Å². The Morgan fingerprint density at radius 3 is 2.27 bits per heavy atom. The van der Waals surface area contributed by atoms with Gasteiger partial charge in [0.15, 0.2) is 5.78 Å². The van der Waals surface area contributed by atoms with Crippen LogP contribution in [0.3, 0.4) is 0 Å². The first-order valence-electron chi connectivity index (χ1n) is 4.39. The van der Waals surface area contributed by atoms with Crippen LogP contribution >= 0.6 is 8.03 Å². The van der Waals surface area contributed by atoms with Gasteiger partial charge in [0.1, 0.15) is 0 Å². The molecule has 15 heavy (non-hydrogen) atoms. The van der Waals surface area contributed by atoms with E-state index in [0.717, 1.165) is 6.26 Å². The smallest absolute Gasteiger partial charge is 0.265 e. The Morgan fingerprint density at radius 1 is 1.40 bits per heavy atom. The maximum Gasteiger partial charge on any atom is 0.265 e. The quantitative estimate of drug-likeness (QED) is 0.495. The first-order valence-corrected chi connectivity index (χ1v) is 7.60. The van der Waals surface area contributed by atoms with E-state index in [1.165, 1.54) is 6.92 Å². The fourth-order valence-corrected chi connectivity index (χ4v) is 3.00. The van der Waals surface area contributed by atoms with Crippen molar-refractivity contribution >= 4 is 23.9 Å². The molecule has 0 amide bonds. The van der Waals surface area contributed by atoms with Gasteiger partial charge in [0.25, 0.3) is 10.1 Å². The zero-order chi connectivity index (χ0) is 12.1. The van der Waals surface area contributed by atoms with Gasteiger partial charge in [0, 0.05) is 6.42 Å². The van der Waals surface area contributed by atoms with Crippen molar-refractivity contribution in [3.63, 3.8) is 0 Å². The second-order valence-corrected chi connectivity index (χ2v) is 5.80. The molecular formula is C7H15O6PS. The molecule has 0 bridgehead atoms. The maximum absolute atomic E-state index is 11.4. The summed E-state index contributed by atoms with van der Waals surface area (Å²) in [4.78, 5) is 11.3. The number of carbonyl (C=O) groups is 1. The van der Waals surface area contributed by atoms with Crippen molar-refractivity contribution in [2.45, 2.75) is 26.1 Å². The molecule has 0 aromatic rings. The average molecular weight is 258 g/mol. The first kappa shape index (κ1) is 14.8. The summed E-state index contributed by atoms with van der Waals surface area (Å²) >= 11 is 0. The number of hydrogen-bond donors (Lipinski definition) is 0. The van der Waals surface area contributed by atoms with Crippen LogP contribution in [0.5, 0.6) is 0 Å². The van der Waals surface area contributed by atoms with Crippen molar-refractivity contribution in [3.8, 4) is 0 Å². The third-order valence-corrected chi connectivity index (χ3v) is 3.57. The van der Waals surface area contributed by atoms with Crippen molar-refractivity contribution in [3.05, 3.63) is 0 Å². The lowest BCUT2D eigenvalue weighted by molar-refractivity contribution is -0.122. The summed E-state index contributed by atoms with van der Waals surface area (Å²) in [6, 6.07) is 0. The molecule has 0 saturated carbocycles. The van der Waals surface area contributed by atoms with Crippen LogP contribution in [-0.4, -0.2) is 32.9 Å². The second-order valence-electron chi connectivity index (χ2n) is 2.75. The second kappa shape index (κ2) is 6.37. The Bertz CT molecular complexity index is 335. The molecule has 8 heteroatoms. The van der Waals surface area contributed by atoms with Crippen LogP contribution in [0.2, 0.25) is 0 Å². The average Bonchev–Trinajstić information content (AvgIpc) is 2.12. The van der Waals surface area contributed by atoms with Gasteiger partial charge in [0.2, 0.25) is 13.9 Å². The van der Waals surface area contributed by atoms with E-state index in [4.69, 9.17) is 4.52 Å². The normalized spacial score (nSPS) is 15.9. The van der Waals surface area contributed by atoms with Gasteiger partial charge in [-0.15, -0.1) is 0 Å². The van der Waals surface area contributed by atoms with Crippen molar-refractivity contribution in [1.29, 1.82) is 0 Å². The van der Waals surface area contributed by atoms with E-state index in [-0.39, 0.29) is 13.0 Å². The molecule has 0 aliphatic rings. The van der Waals surface area contributed by atoms with E-state index in [1.807, 2.05) is 0 Å². The lowest BCUT2D eigenvalue weighted by Gasteiger charge is -2.13. The van der Waals surface area contributed by atoms with Crippen LogP contribution in [0, 0.1) is 0 Å². The molecular weight excluding hydrogens is 243 g/mol. The highest BCUT2D eigenvalue weighted by molar-refractivity contribution is 7.86. The zero-order valence-corrected chi connectivity index (χ0v) is 10.7. The molecule has 0 heterocycles. The van der Waals surface area contributed by atoms with E-state index >= 15 is 0 Å². The molecule has 2 unspecified atom stereocenters. The van der Waals surface area contributed by atoms with Crippen LogP contribution in [0.25, 0.3) is 0 Å². The van der Waals surface area contributed by atoms with Crippen LogP contribution in [0.1, 0.15) is 20.3 Å². The van der Waals surface area contributed by atoms with Crippen molar-refractivity contribution < 1.29 is 26.5 Å². The minimum Gasteiger partial charge on any atom is -0.329 e. The van der Waals surface area contributed by atoms with Gasteiger partial charge < -0.3 is 4.52 Å². The minimum atomic E-state index is -3.82. The standard InChI is InChI=1S/C7H15O6PS/c1-4-6(8)7(13-15(3,10)11)14(9)12-5-2/h7,14H,4-5H2,1-3H3. The summed E-state index contributed by atoms with van der Waals surface area (Å²) in [5, 5.41) is 0. The predicted molar refractivity (Wildman–Crippen MR) is 55.6 cm³/mol. The molecule has 0 rings (SSSR count). The van der Waals surface area contributed by atoms with Crippen LogP contribution < -0.4 is 0 Å². The van der Waals surface area contributed by atoms with Crippen molar-refractivity contribution in [2.75, 3.05) is 12.9 Å². The summed E-state index contributed by atoms with van der Waals surface area (Å²) in [5.41, 5.74) is 0. The zero-order valence-electron chi connectivity index (χ0n) is 8.85. The highest BCUT2D eigenvalue weighted by Crippen LogP contribution is 2.32. The predicted octanol–water partition coefficient (Wildman–Crippen LogP) is 0.779. The number of Topliss-reactive ketones (excluding diaryl/α,β-unsaturated/α-hetero) is 1. The molecule has 0 fully saturated rings. The molecule has 0 spiro atoms. The Kier molecular flexibility index (Phi) is 6.28. The monoisotopic (exact) mass is 258 g/mol. The summed E-state index contributed by atoms with van der Waals surface area (Å²) in [5.74, 6) is -2.03. The highest BCUT2D eigenvalue weighted by atomic mass is 32.2. The van der Waals surface area contributed by atoms with Crippen LogP contribution in [0.4, 0.5) is 0 Å². The molecule has 0 aliphatic carbocycles. The Labute approximate surface area is 89.9 Å². The fraction of sp³-hybridized carbons (Fsp3) is 0.857. The summed E-state index contributed by atoms with van der Waals surface area (Å²) in [6.07, 6.45) is 0.841. The number of rotatable bonds is 7. The number of ketones is 1. The Balaban J connectivity index is 4.74. The lowest BCUT2D eigenvalue weighted by atomic mass is 10.3. The molecule has 0 aromatic carbocycles. The summed E-state index contributed by atoms with van der Waals surface area (Å²) in [7, 11) is -6.64. The number of carbonyl (C=O) groups excluding carboxylic acids is 1. The summed E-state index contributed by atoms with van der Waals surface area (Å²) < 4.78 is 42.2. The largest absolute Gasteiger partial charge is 0.329 e. The van der Waals surface area contributed by atoms with E-state index in [0.29, 0.717) is 0 Å². The lowest BCUT2D eigenvalue weighted by Crippen LogP contribution is -2.23. The van der Waals surface area contributed by atoms with Gasteiger partial charge in [-0.25, -0.2) is 4.18 Å². The third kappa shape index (κ3) is 6.04. The maximum atomic E-state index is 11.4. The molecule has 6 nitrogen and oxygen atoms in total. The van der Waals surface area contributed by atoms with Gasteiger partial charge in [-0.3, -0.25) is 9.36 Å². The molecule has 0 N–H and O–H groups in total. The van der Waals surface area contributed by atoms with Gasteiger partial charge >= 0.3 is 0 Å². The molecule has 0 aromatic heterocycles. The van der Waals surface area contributed by atoms with Crippen LogP contribution in [-0.2, 0) is 28.2 Å². The molecule has 0 saturated heterocycles. The molecule has 2 atom stereocenters. The third-order valence-electron chi connectivity index (χ3n) is 1.41. The van der Waals surface area contributed by atoms with E-state index in [2.05, 4.69) is 4.18 Å². The van der Waals surface area contributed by atoms with Gasteiger partial charge in [0.05, 0.1) is 12.9 Å². The van der Waals surface area contributed by atoms with Crippen LogP contribution in [0.15, 0.2) is 0 Å². The molecule has 90 valence electrons. The Morgan fingerprint density at radius 2 is 1.93 bits per heavy atom. The topological polar surface area (TPSA) is 86.7 Å². The van der Waals surface area contributed by atoms with Crippen molar-refractivity contribution in [2.24, 2.45) is 0 Å². The van der Waals surface area contributed by atoms with E-state index < -0.39 is 29.8 Å². The SMILES string of the molecule is CCO[PH](=O)C(OS(C)(=O)=O)C(=O)CC. The molecule has 0 radical (unpaired) electrons. The summed E-state index contributed by atoms with van der Waals surface area (Å²) in [6.45, 7) is 3.26.